The number of halogens is 1. The highest BCUT2D eigenvalue weighted by atomic mass is 35.5. The first-order chi connectivity index (χ1) is 4.72. The first kappa shape index (κ1) is 7.02. The standard InChI is InChI=1S/C6H5ClN2O/c7-5(8)4-2-1-3-9-6(4)10/h1-3,8H,(H,9,10). The van der Waals surface area contributed by atoms with Gasteiger partial charge in [0.25, 0.3) is 5.56 Å². The summed E-state index contributed by atoms with van der Waals surface area (Å²) in [5.74, 6) is 0. The molecular weight excluding hydrogens is 152 g/mol. The van der Waals surface area contributed by atoms with Crippen LogP contribution in [0.3, 0.4) is 0 Å². The highest BCUT2D eigenvalue weighted by Gasteiger charge is 1.99. The van der Waals surface area contributed by atoms with Crippen molar-refractivity contribution in [3.05, 3.63) is 34.2 Å². The van der Waals surface area contributed by atoms with Crippen molar-refractivity contribution in [2.75, 3.05) is 0 Å². The largest absolute Gasteiger partial charge is 0.329 e. The zero-order valence-corrected chi connectivity index (χ0v) is 5.77. The lowest BCUT2D eigenvalue weighted by molar-refractivity contribution is 1.22. The van der Waals surface area contributed by atoms with Gasteiger partial charge in [-0.1, -0.05) is 11.6 Å². The van der Waals surface area contributed by atoms with Gasteiger partial charge >= 0.3 is 0 Å². The Labute approximate surface area is 62.2 Å². The van der Waals surface area contributed by atoms with Crippen molar-refractivity contribution in [3.8, 4) is 0 Å². The molecule has 0 fully saturated rings. The summed E-state index contributed by atoms with van der Waals surface area (Å²) in [6.45, 7) is 0. The molecule has 0 aliphatic carbocycles. The molecule has 10 heavy (non-hydrogen) atoms. The number of H-pyrrole nitrogens is 1. The van der Waals surface area contributed by atoms with Gasteiger partial charge in [0.2, 0.25) is 0 Å². The van der Waals surface area contributed by atoms with E-state index in [1.807, 2.05) is 0 Å². The molecule has 1 aromatic heterocycles. The Kier molecular flexibility index (Phi) is 1.87. The van der Waals surface area contributed by atoms with Crippen LogP contribution in [0.5, 0.6) is 0 Å². The molecule has 3 nitrogen and oxygen atoms in total. The van der Waals surface area contributed by atoms with E-state index in [4.69, 9.17) is 17.0 Å². The Hall–Kier alpha value is -1.09. The lowest BCUT2D eigenvalue weighted by atomic mass is 10.3. The average molecular weight is 157 g/mol. The van der Waals surface area contributed by atoms with Crippen LogP contribution < -0.4 is 5.56 Å². The highest BCUT2D eigenvalue weighted by Crippen LogP contribution is 1.93. The molecule has 4 heteroatoms. The van der Waals surface area contributed by atoms with Crippen LogP contribution in [-0.4, -0.2) is 10.2 Å². The lowest BCUT2D eigenvalue weighted by Crippen LogP contribution is -2.12. The summed E-state index contributed by atoms with van der Waals surface area (Å²) in [4.78, 5) is 13.2. The quantitative estimate of drug-likeness (QED) is 0.585. The SMILES string of the molecule is N=C(Cl)c1ccc[nH]c1=O. The molecule has 2 N–H and O–H groups in total. The molecule has 1 rings (SSSR count). The van der Waals surface area contributed by atoms with Crippen LogP contribution in [0.25, 0.3) is 0 Å². The summed E-state index contributed by atoms with van der Waals surface area (Å²) in [7, 11) is 0. The summed E-state index contributed by atoms with van der Waals surface area (Å²) < 4.78 is 0. The fraction of sp³-hybridized carbons (Fsp3) is 0. The first-order valence-corrected chi connectivity index (χ1v) is 3.02. The fourth-order valence-corrected chi connectivity index (χ4v) is 0.743. The number of pyridine rings is 1. The number of rotatable bonds is 1. The van der Waals surface area contributed by atoms with E-state index in [-0.39, 0.29) is 16.3 Å². The number of hydrogen-bond donors (Lipinski definition) is 2. The summed E-state index contributed by atoms with van der Waals surface area (Å²) in [6, 6.07) is 3.11. The van der Waals surface area contributed by atoms with Gasteiger partial charge in [-0.05, 0) is 12.1 Å². The molecule has 0 radical (unpaired) electrons. The smallest absolute Gasteiger partial charge is 0.258 e. The molecular formula is C6H5ClN2O. The Morgan fingerprint density at radius 3 is 2.80 bits per heavy atom. The summed E-state index contributed by atoms with van der Waals surface area (Å²) in [5.41, 5.74) is -0.133. The van der Waals surface area contributed by atoms with Crippen LogP contribution in [0.15, 0.2) is 23.1 Å². The van der Waals surface area contributed by atoms with Gasteiger partial charge in [-0.25, -0.2) is 0 Å². The predicted molar refractivity (Wildman–Crippen MR) is 39.7 cm³/mol. The van der Waals surface area contributed by atoms with Gasteiger partial charge in [-0.3, -0.25) is 10.2 Å². The van der Waals surface area contributed by atoms with Crippen molar-refractivity contribution in [1.82, 2.24) is 4.98 Å². The molecule has 0 bridgehead atoms. The van der Waals surface area contributed by atoms with Gasteiger partial charge < -0.3 is 4.98 Å². The van der Waals surface area contributed by atoms with Gasteiger partial charge in [0.05, 0.1) is 5.56 Å². The third kappa shape index (κ3) is 1.25. The van der Waals surface area contributed by atoms with E-state index in [1.165, 1.54) is 12.3 Å². The van der Waals surface area contributed by atoms with Crippen molar-refractivity contribution in [3.63, 3.8) is 0 Å². The molecule has 1 aromatic rings. The van der Waals surface area contributed by atoms with Gasteiger partial charge in [0.15, 0.2) is 0 Å². The molecule has 1 heterocycles. The van der Waals surface area contributed by atoms with Gasteiger partial charge in [-0.15, -0.1) is 0 Å². The van der Waals surface area contributed by atoms with Gasteiger partial charge in [0, 0.05) is 6.20 Å². The molecule has 0 spiro atoms. The summed E-state index contributed by atoms with van der Waals surface area (Å²) in [6.07, 6.45) is 1.49. The summed E-state index contributed by atoms with van der Waals surface area (Å²) >= 11 is 5.27. The molecule has 0 aliphatic heterocycles. The van der Waals surface area contributed by atoms with Gasteiger partial charge in [0.1, 0.15) is 5.17 Å². The number of nitrogens with one attached hydrogen (secondary N) is 2. The van der Waals surface area contributed by atoms with E-state index in [2.05, 4.69) is 4.98 Å². The van der Waals surface area contributed by atoms with E-state index in [9.17, 15) is 4.79 Å². The average Bonchev–Trinajstić information content (AvgIpc) is 1.88. The molecule has 0 atom stereocenters. The van der Waals surface area contributed by atoms with Crippen molar-refractivity contribution >= 4 is 16.8 Å². The van der Waals surface area contributed by atoms with E-state index in [0.717, 1.165) is 0 Å². The van der Waals surface area contributed by atoms with E-state index < -0.39 is 0 Å². The topological polar surface area (TPSA) is 56.7 Å². The van der Waals surface area contributed by atoms with Crippen LogP contribution in [0.2, 0.25) is 0 Å². The normalized spacial score (nSPS) is 9.30. The molecule has 0 amide bonds. The molecule has 0 aromatic carbocycles. The van der Waals surface area contributed by atoms with Crippen LogP contribution in [0, 0.1) is 5.41 Å². The van der Waals surface area contributed by atoms with Crippen molar-refractivity contribution in [2.24, 2.45) is 0 Å². The lowest BCUT2D eigenvalue weighted by Gasteiger charge is -1.90. The maximum atomic E-state index is 10.8. The van der Waals surface area contributed by atoms with E-state index in [1.54, 1.807) is 6.07 Å². The van der Waals surface area contributed by atoms with E-state index in [0.29, 0.717) is 0 Å². The summed E-state index contributed by atoms with van der Waals surface area (Å²) in [5, 5.41) is 6.69. The second kappa shape index (κ2) is 2.66. The Bertz CT molecular complexity index is 305. The highest BCUT2D eigenvalue weighted by molar-refractivity contribution is 6.68. The first-order valence-electron chi connectivity index (χ1n) is 2.64. The molecule has 0 saturated carbocycles. The third-order valence-corrected chi connectivity index (χ3v) is 1.26. The molecule has 52 valence electrons. The Morgan fingerprint density at radius 2 is 2.40 bits per heavy atom. The van der Waals surface area contributed by atoms with Crippen molar-refractivity contribution in [1.29, 1.82) is 5.41 Å². The Balaban J connectivity index is 3.29. The maximum absolute atomic E-state index is 10.8. The van der Waals surface area contributed by atoms with Crippen LogP contribution in [0.1, 0.15) is 5.56 Å². The predicted octanol–water partition coefficient (Wildman–Crippen LogP) is 0.939. The van der Waals surface area contributed by atoms with Gasteiger partial charge in [-0.2, -0.15) is 0 Å². The number of aromatic amines is 1. The van der Waals surface area contributed by atoms with Crippen LogP contribution in [-0.2, 0) is 0 Å². The third-order valence-electron chi connectivity index (χ3n) is 1.05. The minimum absolute atomic E-state index is 0.198. The zero-order valence-electron chi connectivity index (χ0n) is 5.02. The fourth-order valence-electron chi connectivity index (χ4n) is 0.594. The second-order valence-electron chi connectivity index (χ2n) is 1.73. The maximum Gasteiger partial charge on any atom is 0.258 e. The van der Waals surface area contributed by atoms with Crippen molar-refractivity contribution < 1.29 is 0 Å². The molecule has 0 saturated heterocycles. The second-order valence-corrected chi connectivity index (χ2v) is 2.10. The number of aromatic nitrogens is 1. The Morgan fingerprint density at radius 1 is 1.70 bits per heavy atom. The van der Waals surface area contributed by atoms with Crippen LogP contribution >= 0.6 is 11.6 Å². The minimum Gasteiger partial charge on any atom is -0.329 e. The number of hydrogen-bond acceptors (Lipinski definition) is 2. The molecule has 0 aliphatic rings. The minimum atomic E-state index is -0.331. The van der Waals surface area contributed by atoms with Crippen LogP contribution in [0.4, 0.5) is 0 Å². The van der Waals surface area contributed by atoms with Crippen molar-refractivity contribution in [2.45, 2.75) is 0 Å². The molecule has 0 unspecified atom stereocenters. The van der Waals surface area contributed by atoms with E-state index >= 15 is 0 Å². The zero-order chi connectivity index (χ0) is 7.56. The monoisotopic (exact) mass is 156 g/mol.